The van der Waals surface area contributed by atoms with Crippen molar-refractivity contribution in [1.29, 1.82) is 0 Å². The molecule has 140 valence electrons. The average molecular weight is 367 g/mol. The standard InChI is InChI=1S/C19H30N2O3S/c1-3-14-25(23,24)21-13-7-10-18(15-21)19(22)20-16(2)11-12-17-8-5-4-6-9-17/h4-6,8-9,16,18H,3,7,10-15H2,1-2H3,(H,20,22). The van der Waals surface area contributed by atoms with E-state index in [0.717, 1.165) is 25.7 Å². The maximum Gasteiger partial charge on any atom is 0.224 e. The first-order chi connectivity index (χ1) is 11.9. The number of carbonyl (C=O) groups is 1. The molecule has 1 fully saturated rings. The van der Waals surface area contributed by atoms with E-state index in [4.69, 9.17) is 0 Å². The number of carbonyl (C=O) groups excluding carboxylic acids is 1. The maximum atomic E-state index is 12.5. The molecule has 2 unspecified atom stereocenters. The molecule has 0 bridgehead atoms. The van der Waals surface area contributed by atoms with Gasteiger partial charge in [-0.1, -0.05) is 37.3 Å². The van der Waals surface area contributed by atoms with E-state index in [2.05, 4.69) is 17.4 Å². The van der Waals surface area contributed by atoms with Crippen molar-refractivity contribution in [2.45, 2.75) is 52.0 Å². The van der Waals surface area contributed by atoms with Crippen molar-refractivity contribution >= 4 is 15.9 Å². The van der Waals surface area contributed by atoms with Gasteiger partial charge in [0.1, 0.15) is 0 Å². The van der Waals surface area contributed by atoms with Crippen molar-refractivity contribution < 1.29 is 13.2 Å². The number of amides is 1. The quantitative estimate of drug-likeness (QED) is 0.769. The number of nitrogens with one attached hydrogen (secondary N) is 1. The van der Waals surface area contributed by atoms with Gasteiger partial charge in [-0.25, -0.2) is 12.7 Å². The molecule has 0 spiro atoms. The Hall–Kier alpha value is -1.40. The van der Waals surface area contributed by atoms with Crippen LogP contribution in [0.25, 0.3) is 0 Å². The Kier molecular flexibility index (Phi) is 7.44. The third-order valence-electron chi connectivity index (χ3n) is 4.71. The van der Waals surface area contributed by atoms with Crippen LogP contribution in [0.2, 0.25) is 0 Å². The minimum absolute atomic E-state index is 0.0167. The highest BCUT2D eigenvalue weighted by Gasteiger charge is 2.32. The summed E-state index contributed by atoms with van der Waals surface area (Å²) in [6, 6.07) is 10.3. The number of hydrogen-bond acceptors (Lipinski definition) is 3. The van der Waals surface area contributed by atoms with Crippen molar-refractivity contribution in [2.75, 3.05) is 18.8 Å². The molecule has 1 heterocycles. The molecule has 0 aromatic heterocycles. The lowest BCUT2D eigenvalue weighted by Crippen LogP contribution is -2.47. The van der Waals surface area contributed by atoms with Crippen LogP contribution in [0, 0.1) is 5.92 Å². The fourth-order valence-corrected chi connectivity index (χ4v) is 4.85. The van der Waals surface area contributed by atoms with Gasteiger partial charge in [0.25, 0.3) is 0 Å². The lowest BCUT2D eigenvalue weighted by molar-refractivity contribution is -0.126. The molecule has 2 atom stereocenters. The van der Waals surface area contributed by atoms with Crippen molar-refractivity contribution in [3.63, 3.8) is 0 Å². The fraction of sp³-hybridized carbons (Fsp3) is 0.632. The highest BCUT2D eigenvalue weighted by atomic mass is 32.2. The van der Waals surface area contributed by atoms with Crippen LogP contribution >= 0.6 is 0 Å². The van der Waals surface area contributed by atoms with E-state index in [9.17, 15) is 13.2 Å². The zero-order chi connectivity index (χ0) is 18.3. The molecule has 1 saturated heterocycles. The molecule has 1 N–H and O–H groups in total. The van der Waals surface area contributed by atoms with Gasteiger partial charge in [-0.05, 0) is 44.6 Å². The largest absolute Gasteiger partial charge is 0.353 e. The molecule has 5 nitrogen and oxygen atoms in total. The SMILES string of the molecule is CCCS(=O)(=O)N1CCCC(C(=O)NC(C)CCc2ccccc2)C1. The maximum absolute atomic E-state index is 12.5. The van der Waals surface area contributed by atoms with Gasteiger partial charge in [-0.3, -0.25) is 4.79 Å². The minimum atomic E-state index is -3.22. The molecule has 1 aliphatic heterocycles. The van der Waals surface area contributed by atoms with Gasteiger partial charge >= 0.3 is 0 Å². The summed E-state index contributed by atoms with van der Waals surface area (Å²) in [5.74, 6) is -0.0917. The summed E-state index contributed by atoms with van der Waals surface area (Å²) in [6.45, 7) is 4.73. The van der Waals surface area contributed by atoms with E-state index in [-0.39, 0.29) is 23.6 Å². The summed E-state index contributed by atoms with van der Waals surface area (Å²) in [5, 5.41) is 3.06. The van der Waals surface area contributed by atoms with E-state index in [1.165, 1.54) is 9.87 Å². The summed E-state index contributed by atoms with van der Waals surface area (Å²) in [7, 11) is -3.22. The third kappa shape index (κ3) is 6.12. The molecule has 0 aliphatic carbocycles. The summed E-state index contributed by atoms with van der Waals surface area (Å²) >= 11 is 0. The second-order valence-corrected chi connectivity index (χ2v) is 9.04. The number of nitrogens with zero attached hydrogens (tertiary/aromatic N) is 1. The number of piperidine rings is 1. The van der Waals surface area contributed by atoms with Crippen LogP contribution in [0.1, 0.15) is 45.1 Å². The van der Waals surface area contributed by atoms with Crippen LogP contribution in [0.15, 0.2) is 30.3 Å². The molecule has 25 heavy (non-hydrogen) atoms. The molecule has 1 amide bonds. The van der Waals surface area contributed by atoms with E-state index in [1.54, 1.807) is 0 Å². The molecule has 0 saturated carbocycles. The van der Waals surface area contributed by atoms with Gasteiger partial charge in [-0.2, -0.15) is 0 Å². The highest BCUT2D eigenvalue weighted by Crippen LogP contribution is 2.20. The smallest absolute Gasteiger partial charge is 0.224 e. The molecule has 1 aromatic rings. The Labute approximate surface area is 151 Å². The van der Waals surface area contributed by atoms with Crippen LogP contribution in [-0.4, -0.2) is 43.5 Å². The molecular weight excluding hydrogens is 336 g/mol. The topological polar surface area (TPSA) is 66.5 Å². The van der Waals surface area contributed by atoms with Crippen LogP contribution < -0.4 is 5.32 Å². The van der Waals surface area contributed by atoms with Gasteiger partial charge < -0.3 is 5.32 Å². The first-order valence-corrected chi connectivity index (χ1v) is 10.9. The Bertz CT molecular complexity index is 646. The predicted molar refractivity (Wildman–Crippen MR) is 101 cm³/mol. The van der Waals surface area contributed by atoms with Crippen LogP contribution in [0.4, 0.5) is 0 Å². The summed E-state index contributed by atoms with van der Waals surface area (Å²) in [4.78, 5) is 12.5. The summed E-state index contributed by atoms with van der Waals surface area (Å²) < 4.78 is 26.0. The number of sulfonamides is 1. The fourth-order valence-electron chi connectivity index (χ4n) is 3.26. The Morgan fingerprint density at radius 2 is 2.04 bits per heavy atom. The predicted octanol–water partition coefficient (Wildman–Crippen LogP) is 2.58. The second-order valence-electron chi connectivity index (χ2n) is 6.95. The van der Waals surface area contributed by atoms with Crippen LogP contribution in [0.3, 0.4) is 0 Å². The second kappa shape index (κ2) is 9.34. The number of rotatable bonds is 8. The monoisotopic (exact) mass is 366 g/mol. The van der Waals surface area contributed by atoms with Gasteiger partial charge in [0, 0.05) is 19.1 Å². The number of aryl methyl sites for hydroxylation is 1. The first kappa shape index (κ1) is 19.9. The van der Waals surface area contributed by atoms with Crippen molar-refractivity contribution in [2.24, 2.45) is 5.92 Å². The van der Waals surface area contributed by atoms with Gasteiger partial charge in [0.2, 0.25) is 15.9 Å². The Morgan fingerprint density at radius 1 is 1.32 bits per heavy atom. The van der Waals surface area contributed by atoms with Crippen molar-refractivity contribution in [3.05, 3.63) is 35.9 Å². The normalized spacial score (nSPS) is 20.2. The summed E-state index contributed by atoms with van der Waals surface area (Å²) in [6.07, 6.45) is 3.91. The molecule has 1 aromatic carbocycles. The first-order valence-electron chi connectivity index (χ1n) is 9.24. The molecule has 0 radical (unpaired) electrons. The zero-order valence-corrected chi connectivity index (χ0v) is 16.1. The molecular formula is C19H30N2O3S. The average Bonchev–Trinajstić information content (AvgIpc) is 2.61. The summed E-state index contributed by atoms with van der Waals surface area (Å²) in [5.41, 5.74) is 1.26. The van der Waals surface area contributed by atoms with Crippen LogP contribution in [0.5, 0.6) is 0 Å². The van der Waals surface area contributed by atoms with Crippen LogP contribution in [-0.2, 0) is 21.2 Å². The Balaban J connectivity index is 1.83. The van der Waals surface area contributed by atoms with E-state index in [0.29, 0.717) is 19.5 Å². The lowest BCUT2D eigenvalue weighted by atomic mass is 9.98. The zero-order valence-electron chi connectivity index (χ0n) is 15.3. The van der Waals surface area contributed by atoms with E-state index >= 15 is 0 Å². The molecule has 6 heteroatoms. The number of benzene rings is 1. The number of hydrogen-bond donors (Lipinski definition) is 1. The third-order valence-corrected chi connectivity index (χ3v) is 6.75. The highest BCUT2D eigenvalue weighted by molar-refractivity contribution is 7.89. The van der Waals surface area contributed by atoms with Gasteiger partial charge in [0.05, 0.1) is 11.7 Å². The van der Waals surface area contributed by atoms with E-state index < -0.39 is 10.0 Å². The van der Waals surface area contributed by atoms with E-state index in [1.807, 2.05) is 32.0 Å². The minimum Gasteiger partial charge on any atom is -0.353 e. The van der Waals surface area contributed by atoms with Crippen molar-refractivity contribution in [3.8, 4) is 0 Å². The van der Waals surface area contributed by atoms with Crippen molar-refractivity contribution in [1.82, 2.24) is 9.62 Å². The van der Waals surface area contributed by atoms with Gasteiger partial charge in [0.15, 0.2) is 0 Å². The molecule has 1 aliphatic rings. The lowest BCUT2D eigenvalue weighted by Gasteiger charge is -2.31. The molecule has 2 rings (SSSR count). The van der Waals surface area contributed by atoms with Gasteiger partial charge in [-0.15, -0.1) is 0 Å². The Morgan fingerprint density at radius 3 is 2.72 bits per heavy atom.